The zero-order chi connectivity index (χ0) is 15.1. The molecule has 0 aromatic heterocycles. The molecular formula is C18H28N2O. The van der Waals surface area contributed by atoms with Gasteiger partial charge in [0, 0.05) is 17.8 Å². The predicted octanol–water partition coefficient (Wildman–Crippen LogP) is 4.35. The minimum atomic E-state index is 0.0596. The van der Waals surface area contributed by atoms with E-state index in [-0.39, 0.29) is 5.91 Å². The molecule has 1 aliphatic rings. The first-order valence-corrected chi connectivity index (χ1v) is 8.33. The van der Waals surface area contributed by atoms with E-state index in [0.717, 1.165) is 24.1 Å². The third-order valence-electron chi connectivity index (χ3n) is 4.06. The van der Waals surface area contributed by atoms with E-state index >= 15 is 0 Å². The molecule has 3 heteroatoms. The van der Waals surface area contributed by atoms with Gasteiger partial charge in [-0.15, -0.1) is 0 Å². The van der Waals surface area contributed by atoms with Crippen LogP contribution < -0.4 is 10.6 Å². The highest BCUT2D eigenvalue weighted by molar-refractivity contribution is 5.99. The van der Waals surface area contributed by atoms with Crippen LogP contribution in [-0.4, -0.2) is 18.0 Å². The van der Waals surface area contributed by atoms with Gasteiger partial charge in [0.1, 0.15) is 0 Å². The summed E-state index contributed by atoms with van der Waals surface area (Å²) in [5, 5.41) is 6.59. The number of carbonyl (C=O) groups is 1. The molecule has 0 radical (unpaired) electrons. The SMILES string of the molecule is CC(C)Nc1ccccc1C(=O)NC1CCCCCCC1. The average molecular weight is 288 g/mol. The zero-order valence-electron chi connectivity index (χ0n) is 13.3. The van der Waals surface area contributed by atoms with Crippen molar-refractivity contribution in [3.8, 4) is 0 Å². The second kappa shape index (κ2) is 8.06. The number of para-hydroxylation sites is 1. The average Bonchev–Trinajstić information content (AvgIpc) is 2.41. The lowest BCUT2D eigenvalue weighted by Crippen LogP contribution is -2.35. The van der Waals surface area contributed by atoms with Crippen LogP contribution in [0.5, 0.6) is 0 Å². The Morgan fingerprint density at radius 3 is 2.33 bits per heavy atom. The minimum absolute atomic E-state index is 0.0596. The molecule has 1 aromatic rings. The number of rotatable bonds is 4. The Labute approximate surface area is 128 Å². The van der Waals surface area contributed by atoms with Crippen molar-refractivity contribution in [1.29, 1.82) is 0 Å². The standard InChI is InChI=1S/C18H28N2O/c1-14(2)19-17-13-9-8-12-16(17)18(21)20-15-10-6-4-3-5-7-11-15/h8-9,12-15,19H,3-7,10-11H2,1-2H3,(H,20,21). The van der Waals surface area contributed by atoms with Gasteiger partial charge in [-0.3, -0.25) is 4.79 Å². The number of hydrogen-bond acceptors (Lipinski definition) is 2. The molecule has 1 fully saturated rings. The zero-order valence-corrected chi connectivity index (χ0v) is 13.3. The lowest BCUT2D eigenvalue weighted by Gasteiger charge is -2.22. The predicted molar refractivity (Wildman–Crippen MR) is 88.8 cm³/mol. The molecule has 0 unspecified atom stereocenters. The quantitative estimate of drug-likeness (QED) is 0.865. The van der Waals surface area contributed by atoms with Gasteiger partial charge in [-0.25, -0.2) is 0 Å². The van der Waals surface area contributed by atoms with Crippen molar-refractivity contribution in [1.82, 2.24) is 5.32 Å². The maximum Gasteiger partial charge on any atom is 0.253 e. The summed E-state index contributed by atoms with van der Waals surface area (Å²) in [7, 11) is 0. The van der Waals surface area contributed by atoms with Crippen molar-refractivity contribution in [3.05, 3.63) is 29.8 Å². The third-order valence-corrected chi connectivity index (χ3v) is 4.06. The molecule has 116 valence electrons. The largest absolute Gasteiger partial charge is 0.382 e. The van der Waals surface area contributed by atoms with Crippen LogP contribution in [0.1, 0.15) is 69.2 Å². The first kappa shape index (κ1) is 15.9. The summed E-state index contributed by atoms with van der Waals surface area (Å²) in [6.07, 6.45) is 8.66. The van der Waals surface area contributed by atoms with Gasteiger partial charge in [0.2, 0.25) is 0 Å². The number of benzene rings is 1. The second-order valence-electron chi connectivity index (χ2n) is 6.36. The van der Waals surface area contributed by atoms with Crippen LogP contribution in [0.25, 0.3) is 0 Å². The third kappa shape index (κ3) is 5.07. The first-order chi connectivity index (χ1) is 10.2. The van der Waals surface area contributed by atoms with Crippen LogP contribution in [0.3, 0.4) is 0 Å². The highest BCUT2D eigenvalue weighted by Crippen LogP contribution is 2.20. The van der Waals surface area contributed by atoms with Crippen LogP contribution in [0.2, 0.25) is 0 Å². The van der Waals surface area contributed by atoms with Gasteiger partial charge in [0.25, 0.3) is 5.91 Å². The maximum absolute atomic E-state index is 12.6. The first-order valence-electron chi connectivity index (χ1n) is 8.33. The fourth-order valence-corrected chi connectivity index (χ4v) is 2.98. The van der Waals surface area contributed by atoms with E-state index in [1.807, 2.05) is 24.3 Å². The van der Waals surface area contributed by atoms with E-state index in [0.29, 0.717) is 12.1 Å². The van der Waals surface area contributed by atoms with E-state index in [4.69, 9.17) is 0 Å². The highest BCUT2D eigenvalue weighted by atomic mass is 16.1. The van der Waals surface area contributed by atoms with Gasteiger partial charge >= 0.3 is 0 Å². The Bertz CT molecular complexity index is 448. The minimum Gasteiger partial charge on any atom is -0.382 e. The van der Waals surface area contributed by atoms with Crippen molar-refractivity contribution < 1.29 is 4.79 Å². The van der Waals surface area contributed by atoms with E-state index < -0.39 is 0 Å². The molecule has 1 saturated carbocycles. The molecule has 3 nitrogen and oxygen atoms in total. The summed E-state index contributed by atoms with van der Waals surface area (Å²) in [5.74, 6) is 0.0596. The molecule has 2 N–H and O–H groups in total. The molecule has 1 amide bonds. The Hall–Kier alpha value is -1.51. The van der Waals surface area contributed by atoms with Gasteiger partial charge in [0.05, 0.1) is 5.56 Å². The molecule has 1 aliphatic carbocycles. The van der Waals surface area contributed by atoms with E-state index in [9.17, 15) is 4.79 Å². The summed E-state index contributed by atoms with van der Waals surface area (Å²) in [5.41, 5.74) is 1.68. The van der Waals surface area contributed by atoms with Crippen LogP contribution >= 0.6 is 0 Å². The monoisotopic (exact) mass is 288 g/mol. The van der Waals surface area contributed by atoms with Gasteiger partial charge in [0.15, 0.2) is 0 Å². The number of nitrogens with one attached hydrogen (secondary N) is 2. The van der Waals surface area contributed by atoms with Gasteiger partial charge in [-0.1, -0.05) is 44.2 Å². The fourth-order valence-electron chi connectivity index (χ4n) is 2.98. The van der Waals surface area contributed by atoms with E-state index in [1.165, 1.54) is 32.1 Å². The summed E-state index contributed by atoms with van der Waals surface area (Å²) in [4.78, 5) is 12.6. The van der Waals surface area contributed by atoms with Crippen molar-refractivity contribution in [2.45, 2.75) is 70.9 Å². The van der Waals surface area contributed by atoms with Crippen molar-refractivity contribution in [3.63, 3.8) is 0 Å². The van der Waals surface area contributed by atoms with Crippen molar-refractivity contribution >= 4 is 11.6 Å². The highest BCUT2D eigenvalue weighted by Gasteiger charge is 2.17. The van der Waals surface area contributed by atoms with Crippen LogP contribution in [0, 0.1) is 0 Å². The number of anilines is 1. The molecule has 0 spiro atoms. The molecule has 0 bridgehead atoms. The molecule has 0 saturated heterocycles. The molecular weight excluding hydrogens is 260 g/mol. The lowest BCUT2D eigenvalue weighted by atomic mass is 9.96. The normalized spacial score (nSPS) is 17.1. The summed E-state index contributed by atoms with van der Waals surface area (Å²) >= 11 is 0. The summed E-state index contributed by atoms with van der Waals surface area (Å²) in [6.45, 7) is 4.17. The van der Waals surface area contributed by atoms with Crippen LogP contribution in [0.15, 0.2) is 24.3 Å². The van der Waals surface area contributed by atoms with Gasteiger partial charge in [-0.05, 0) is 38.8 Å². The second-order valence-corrected chi connectivity index (χ2v) is 6.36. The smallest absolute Gasteiger partial charge is 0.253 e. The van der Waals surface area contributed by atoms with Crippen LogP contribution in [-0.2, 0) is 0 Å². The number of amides is 1. The molecule has 0 heterocycles. The van der Waals surface area contributed by atoms with Gasteiger partial charge in [-0.2, -0.15) is 0 Å². The molecule has 0 atom stereocenters. The fraction of sp³-hybridized carbons (Fsp3) is 0.611. The lowest BCUT2D eigenvalue weighted by molar-refractivity contribution is 0.0931. The number of hydrogen-bond donors (Lipinski definition) is 2. The molecule has 0 aliphatic heterocycles. The Morgan fingerprint density at radius 1 is 1.05 bits per heavy atom. The number of carbonyl (C=O) groups excluding carboxylic acids is 1. The van der Waals surface area contributed by atoms with Crippen molar-refractivity contribution in [2.75, 3.05) is 5.32 Å². The molecule has 21 heavy (non-hydrogen) atoms. The van der Waals surface area contributed by atoms with Crippen LogP contribution in [0.4, 0.5) is 5.69 Å². The summed E-state index contributed by atoms with van der Waals surface area (Å²) < 4.78 is 0. The Morgan fingerprint density at radius 2 is 1.67 bits per heavy atom. The van der Waals surface area contributed by atoms with Gasteiger partial charge < -0.3 is 10.6 Å². The molecule has 1 aromatic carbocycles. The Kier molecular flexibility index (Phi) is 6.09. The summed E-state index contributed by atoms with van der Waals surface area (Å²) in [6, 6.07) is 8.44. The van der Waals surface area contributed by atoms with E-state index in [1.54, 1.807) is 0 Å². The topological polar surface area (TPSA) is 41.1 Å². The van der Waals surface area contributed by atoms with E-state index in [2.05, 4.69) is 24.5 Å². The Balaban J connectivity index is 2.01. The molecule has 2 rings (SSSR count). The maximum atomic E-state index is 12.6. The van der Waals surface area contributed by atoms with Crippen molar-refractivity contribution in [2.24, 2.45) is 0 Å².